The fourth-order valence-electron chi connectivity index (χ4n) is 3.44. The average Bonchev–Trinajstić information content (AvgIpc) is 2.29. The van der Waals surface area contributed by atoms with E-state index in [0.29, 0.717) is 6.04 Å². The van der Waals surface area contributed by atoms with Crippen LogP contribution in [0.3, 0.4) is 0 Å². The minimum atomic E-state index is 0.121. The van der Waals surface area contributed by atoms with E-state index < -0.39 is 0 Å². The minimum Gasteiger partial charge on any atom is -0.375 e. The van der Waals surface area contributed by atoms with Crippen LogP contribution in [0.4, 0.5) is 0 Å². The Bertz CT molecular complexity index is 243. The standard InChI is InChI=1S/C15H29NO/c1-4-15(3)11-14(8-9-17-15)16-13-7-5-6-12(2)10-13/h12-14,16H,4-11H2,1-3H3. The first-order valence-corrected chi connectivity index (χ1v) is 7.51. The van der Waals surface area contributed by atoms with E-state index in [1.54, 1.807) is 0 Å². The lowest BCUT2D eigenvalue weighted by atomic mass is 9.85. The molecule has 1 saturated heterocycles. The number of ether oxygens (including phenoxy) is 1. The van der Waals surface area contributed by atoms with Gasteiger partial charge < -0.3 is 10.1 Å². The molecule has 0 aromatic carbocycles. The number of hydrogen-bond acceptors (Lipinski definition) is 2. The predicted molar refractivity (Wildman–Crippen MR) is 72.2 cm³/mol. The predicted octanol–water partition coefficient (Wildman–Crippen LogP) is 3.50. The number of rotatable bonds is 3. The Morgan fingerprint density at radius 3 is 2.76 bits per heavy atom. The molecule has 2 heteroatoms. The summed E-state index contributed by atoms with van der Waals surface area (Å²) in [5.41, 5.74) is 0.121. The van der Waals surface area contributed by atoms with Gasteiger partial charge >= 0.3 is 0 Å². The molecule has 0 spiro atoms. The summed E-state index contributed by atoms with van der Waals surface area (Å²) in [5.74, 6) is 0.915. The molecule has 0 amide bonds. The first kappa shape index (κ1) is 13.4. The van der Waals surface area contributed by atoms with Crippen LogP contribution in [0.1, 0.15) is 65.7 Å². The smallest absolute Gasteiger partial charge is 0.0666 e. The van der Waals surface area contributed by atoms with Crippen molar-refractivity contribution in [2.24, 2.45) is 5.92 Å². The normalized spacial score (nSPS) is 43.6. The van der Waals surface area contributed by atoms with Gasteiger partial charge in [0.25, 0.3) is 0 Å². The summed E-state index contributed by atoms with van der Waals surface area (Å²) >= 11 is 0. The fraction of sp³-hybridized carbons (Fsp3) is 1.00. The molecule has 4 unspecified atom stereocenters. The largest absolute Gasteiger partial charge is 0.375 e. The summed E-state index contributed by atoms with van der Waals surface area (Å²) in [6.07, 6.45) is 9.11. The molecule has 1 saturated carbocycles. The van der Waals surface area contributed by atoms with E-state index in [4.69, 9.17) is 4.74 Å². The van der Waals surface area contributed by atoms with E-state index in [9.17, 15) is 0 Å². The van der Waals surface area contributed by atoms with E-state index in [0.717, 1.165) is 25.0 Å². The highest BCUT2D eigenvalue weighted by molar-refractivity contribution is 4.88. The van der Waals surface area contributed by atoms with Crippen molar-refractivity contribution < 1.29 is 4.74 Å². The maximum atomic E-state index is 5.92. The Morgan fingerprint density at radius 1 is 1.24 bits per heavy atom. The van der Waals surface area contributed by atoms with Crippen LogP contribution in [0.2, 0.25) is 0 Å². The van der Waals surface area contributed by atoms with Crippen LogP contribution in [0.5, 0.6) is 0 Å². The van der Waals surface area contributed by atoms with Crippen LogP contribution in [-0.4, -0.2) is 24.3 Å². The van der Waals surface area contributed by atoms with Gasteiger partial charge in [-0.05, 0) is 44.9 Å². The van der Waals surface area contributed by atoms with Crippen molar-refractivity contribution >= 4 is 0 Å². The molecule has 0 bridgehead atoms. The van der Waals surface area contributed by atoms with Crippen LogP contribution < -0.4 is 5.32 Å². The number of nitrogens with one attached hydrogen (secondary N) is 1. The molecule has 0 radical (unpaired) electrons. The van der Waals surface area contributed by atoms with Crippen molar-refractivity contribution in [2.75, 3.05) is 6.61 Å². The highest BCUT2D eigenvalue weighted by atomic mass is 16.5. The summed E-state index contributed by atoms with van der Waals surface area (Å²) in [6.45, 7) is 7.84. The van der Waals surface area contributed by atoms with Gasteiger partial charge in [0, 0.05) is 18.7 Å². The van der Waals surface area contributed by atoms with E-state index in [1.165, 1.54) is 38.5 Å². The summed E-state index contributed by atoms with van der Waals surface area (Å²) in [4.78, 5) is 0. The molecule has 0 aromatic rings. The van der Waals surface area contributed by atoms with Gasteiger partial charge in [0.2, 0.25) is 0 Å². The monoisotopic (exact) mass is 239 g/mol. The van der Waals surface area contributed by atoms with Crippen molar-refractivity contribution in [3.8, 4) is 0 Å². The van der Waals surface area contributed by atoms with Gasteiger partial charge in [-0.3, -0.25) is 0 Å². The number of hydrogen-bond donors (Lipinski definition) is 1. The molecule has 2 aliphatic rings. The highest BCUT2D eigenvalue weighted by Gasteiger charge is 2.33. The van der Waals surface area contributed by atoms with Gasteiger partial charge in [0.1, 0.15) is 0 Å². The molecule has 1 aliphatic carbocycles. The summed E-state index contributed by atoms with van der Waals surface area (Å²) < 4.78 is 5.92. The zero-order valence-corrected chi connectivity index (χ0v) is 11.8. The lowest BCUT2D eigenvalue weighted by Crippen LogP contribution is -2.49. The highest BCUT2D eigenvalue weighted by Crippen LogP contribution is 2.30. The fourth-order valence-corrected chi connectivity index (χ4v) is 3.44. The summed E-state index contributed by atoms with van der Waals surface area (Å²) in [5, 5.41) is 3.90. The van der Waals surface area contributed by atoms with Gasteiger partial charge in [-0.2, -0.15) is 0 Å². The first-order chi connectivity index (χ1) is 8.11. The summed E-state index contributed by atoms with van der Waals surface area (Å²) in [7, 11) is 0. The third-order valence-corrected chi connectivity index (χ3v) is 4.75. The zero-order valence-electron chi connectivity index (χ0n) is 11.8. The molecular weight excluding hydrogens is 210 g/mol. The van der Waals surface area contributed by atoms with Crippen LogP contribution in [0, 0.1) is 5.92 Å². The average molecular weight is 239 g/mol. The molecule has 2 nitrogen and oxygen atoms in total. The van der Waals surface area contributed by atoms with Crippen LogP contribution >= 0.6 is 0 Å². The SMILES string of the molecule is CCC1(C)CC(NC2CCCC(C)C2)CCO1. The van der Waals surface area contributed by atoms with E-state index in [2.05, 4.69) is 26.1 Å². The van der Waals surface area contributed by atoms with Crippen LogP contribution in [0.15, 0.2) is 0 Å². The third kappa shape index (κ3) is 3.69. The molecular formula is C15H29NO. The minimum absolute atomic E-state index is 0.121. The zero-order chi connectivity index (χ0) is 12.3. The van der Waals surface area contributed by atoms with E-state index >= 15 is 0 Å². The Hall–Kier alpha value is -0.0800. The van der Waals surface area contributed by atoms with Crippen LogP contribution in [0.25, 0.3) is 0 Å². The Kier molecular flexibility index (Phi) is 4.48. The molecule has 1 N–H and O–H groups in total. The second-order valence-electron chi connectivity index (χ2n) is 6.48. The molecule has 17 heavy (non-hydrogen) atoms. The Balaban J connectivity index is 1.82. The van der Waals surface area contributed by atoms with Crippen molar-refractivity contribution in [1.29, 1.82) is 0 Å². The molecule has 100 valence electrons. The molecule has 0 aromatic heterocycles. The molecule has 1 heterocycles. The van der Waals surface area contributed by atoms with E-state index in [1.807, 2.05) is 0 Å². The van der Waals surface area contributed by atoms with Gasteiger partial charge in [0.05, 0.1) is 5.60 Å². The van der Waals surface area contributed by atoms with Crippen molar-refractivity contribution in [2.45, 2.75) is 83.4 Å². The first-order valence-electron chi connectivity index (χ1n) is 7.51. The van der Waals surface area contributed by atoms with Crippen molar-refractivity contribution in [3.05, 3.63) is 0 Å². The van der Waals surface area contributed by atoms with Crippen molar-refractivity contribution in [3.63, 3.8) is 0 Å². The lowest BCUT2D eigenvalue weighted by Gasteiger charge is -2.40. The topological polar surface area (TPSA) is 21.3 Å². The van der Waals surface area contributed by atoms with Crippen molar-refractivity contribution in [1.82, 2.24) is 5.32 Å². The Labute approximate surface area is 107 Å². The second kappa shape index (κ2) is 5.71. The summed E-state index contributed by atoms with van der Waals surface area (Å²) in [6, 6.07) is 1.45. The van der Waals surface area contributed by atoms with Gasteiger partial charge in [-0.25, -0.2) is 0 Å². The maximum Gasteiger partial charge on any atom is 0.0666 e. The Morgan fingerprint density at radius 2 is 2.06 bits per heavy atom. The lowest BCUT2D eigenvalue weighted by molar-refractivity contribution is -0.0796. The molecule has 2 rings (SSSR count). The second-order valence-corrected chi connectivity index (χ2v) is 6.48. The van der Waals surface area contributed by atoms with E-state index in [-0.39, 0.29) is 5.60 Å². The quantitative estimate of drug-likeness (QED) is 0.814. The van der Waals surface area contributed by atoms with Crippen LogP contribution in [-0.2, 0) is 4.74 Å². The molecule has 1 aliphatic heterocycles. The molecule has 2 fully saturated rings. The van der Waals surface area contributed by atoms with Gasteiger partial charge in [-0.1, -0.05) is 26.7 Å². The molecule has 4 atom stereocenters. The maximum absolute atomic E-state index is 5.92. The van der Waals surface area contributed by atoms with Gasteiger partial charge in [0.15, 0.2) is 0 Å². The third-order valence-electron chi connectivity index (χ3n) is 4.75. The van der Waals surface area contributed by atoms with Gasteiger partial charge in [-0.15, -0.1) is 0 Å².